The van der Waals surface area contributed by atoms with E-state index in [2.05, 4.69) is 9.84 Å². The number of benzene rings is 1. The van der Waals surface area contributed by atoms with E-state index >= 15 is 0 Å². The number of nitrogens with zero attached hydrogens (tertiary/aromatic N) is 2. The summed E-state index contributed by atoms with van der Waals surface area (Å²) in [4.78, 5) is 22.4. The zero-order valence-corrected chi connectivity index (χ0v) is 12.5. The van der Waals surface area contributed by atoms with Crippen molar-refractivity contribution in [2.45, 2.75) is 19.6 Å². The number of alkyl halides is 3. The van der Waals surface area contributed by atoms with Gasteiger partial charge in [-0.25, -0.2) is 9.59 Å². The first-order valence-corrected chi connectivity index (χ1v) is 6.86. The topological polar surface area (TPSA) is 81.4 Å². The normalized spacial score (nSPS) is 11.3. The van der Waals surface area contributed by atoms with Crippen molar-refractivity contribution in [2.24, 2.45) is 0 Å². The van der Waals surface area contributed by atoms with Crippen molar-refractivity contribution in [3.63, 3.8) is 0 Å². The lowest BCUT2D eigenvalue weighted by molar-refractivity contribution is -0.142. The SMILES string of the molecule is CCOC(=O)c1cn(Cc2ccc(C(=O)O)cc2)nc1C(F)(F)F. The Bertz CT molecular complexity index is 751. The maximum atomic E-state index is 13.0. The van der Waals surface area contributed by atoms with Gasteiger partial charge in [-0.1, -0.05) is 12.1 Å². The summed E-state index contributed by atoms with van der Waals surface area (Å²) in [5, 5.41) is 12.2. The molecule has 1 N–H and O–H groups in total. The quantitative estimate of drug-likeness (QED) is 0.845. The molecule has 128 valence electrons. The van der Waals surface area contributed by atoms with Crippen LogP contribution in [0.5, 0.6) is 0 Å². The number of esters is 1. The molecule has 0 aliphatic rings. The average molecular weight is 342 g/mol. The molecule has 24 heavy (non-hydrogen) atoms. The summed E-state index contributed by atoms with van der Waals surface area (Å²) < 4.78 is 44.6. The molecule has 0 unspecified atom stereocenters. The van der Waals surface area contributed by atoms with E-state index in [1.165, 1.54) is 31.2 Å². The average Bonchev–Trinajstić information content (AvgIpc) is 2.92. The highest BCUT2D eigenvalue weighted by molar-refractivity contribution is 5.90. The van der Waals surface area contributed by atoms with Crippen molar-refractivity contribution in [2.75, 3.05) is 6.61 Å². The van der Waals surface area contributed by atoms with Gasteiger partial charge in [0.2, 0.25) is 0 Å². The Kier molecular flexibility index (Phi) is 4.91. The number of carbonyl (C=O) groups excluding carboxylic acids is 1. The standard InChI is InChI=1S/C15H13F3N2O4/c1-2-24-14(23)11-8-20(19-12(11)15(16,17)18)7-9-3-5-10(6-4-9)13(21)22/h3-6,8H,2,7H2,1H3,(H,21,22). The van der Waals surface area contributed by atoms with Gasteiger partial charge < -0.3 is 9.84 Å². The first kappa shape index (κ1) is 17.5. The van der Waals surface area contributed by atoms with Crippen molar-refractivity contribution < 1.29 is 32.6 Å². The van der Waals surface area contributed by atoms with Crippen LogP contribution in [-0.4, -0.2) is 33.4 Å². The van der Waals surface area contributed by atoms with Crippen LogP contribution in [0, 0.1) is 0 Å². The molecule has 0 saturated heterocycles. The van der Waals surface area contributed by atoms with E-state index < -0.39 is 29.4 Å². The summed E-state index contributed by atoms with van der Waals surface area (Å²) in [5.41, 5.74) is -1.39. The molecule has 2 aromatic rings. The van der Waals surface area contributed by atoms with Crippen LogP contribution in [0.1, 0.15) is 38.9 Å². The second-order valence-corrected chi connectivity index (χ2v) is 4.81. The minimum atomic E-state index is -4.79. The summed E-state index contributed by atoms with van der Waals surface area (Å²) >= 11 is 0. The number of ether oxygens (including phenoxy) is 1. The first-order chi connectivity index (χ1) is 11.2. The van der Waals surface area contributed by atoms with E-state index in [1.54, 1.807) is 0 Å². The van der Waals surface area contributed by atoms with Crippen LogP contribution in [0.3, 0.4) is 0 Å². The van der Waals surface area contributed by atoms with Crippen LogP contribution < -0.4 is 0 Å². The largest absolute Gasteiger partial charge is 0.478 e. The molecule has 0 bridgehead atoms. The van der Waals surface area contributed by atoms with Crippen LogP contribution in [0.2, 0.25) is 0 Å². The number of aromatic carboxylic acids is 1. The van der Waals surface area contributed by atoms with Gasteiger partial charge >= 0.3 is 18.1 Å². The van der Waals surface area contributed by atoms with Crippen LogP contribution in [0.25, 0.3) is 0 Å². The molecule has 0 aliphatic carbocycles. The molecule has 0 saturated carbocycles. The fourth-order valence-electron chi connectivity index (χ4n) is 2.01. The van der Waals surface area contributed by atoms with Crippen LogP contribution in [0.4, 0.5) is 13.2 Å². The third-order valence-corrected chi connectivity index (χ3v) is 3.07. The molecular weight excluding hydrogens is 329 g/mol. The molecule has 0 aliphatic heterocycles. The molecule has 0 radical (unpaired) electrons. The Hall–Kier alpha value is -2.84. The van der Waals surface area contributed by atoms with E-state index in [1.807, 2.05) is 0 Å². The highest BCUT2D eigenvalue weighted by atomic mass is 19.4. The molecule has 0 fully saturated rings. The van der Waals surface area contributed by atoms with Gasteiger partial charge in [-0.05, 0) is 24.6 Å². The lowest BCUT2D eigenvalue weighted by Gasteiger charge is -2.05. The Labute approximate surface area is 134 Å². The summed E-state index contributed by atoms with van der Waals surface area (Å²) in [5.74, 6) is -2.21. The lowest BCUT2D eigenvalue weighted by atomic mass is 10.1. The maximum absolute atomic E-state index is 13.0. The van der Waals surface area contributed by atoms with Gasteiger partial charge in [-0.15, -0.1) is 0 Å². The summed E-state index contributed by atoms with van der Waals surface area (Å²) in [6, 6.07) is 5.58. The fourth-order valence-corrected chi connectivity index (χ4v) is 2.01. The maximum Gasteiger partial charge on any atom is 0.436 e. The second kappa shape index (κ2) is 6.73. The van der Waals surface area contributed by atoms with Gasteiger partial charge in [0.05, 0.1) is 18.7 Å². The van der Waals surface area contributed by atoms with Gasteiger partial charge in [0.15, 0.2) is 5.69 Å². The monoisotopic (exact) mass is 342 g/mol. The second-order valence-electron chi connectivity index (χ2n) is 4.81. The van der Waals surface area contributed by atoms with Crippen molar-refractivity contribution in [1.82, 2.24) is 9.78 Å². The highest BCUT2D eigenvalue weighted by Gasteiger charge is 2.39. The fraction of sp³-hybridized carbons (Fsp3) is 0.267. The molecule has 9 heteroatoms. The molecule has 6 nitrogen and oxygen atoms in total. The van der Waals surface area contributed by atoms with E-state index in [9.17, 15) is 22.8 Å². The molecular formula is C15H13F3N2O4. The number of halogens is 3. The number of hydrogen-bond acceptors (Lipinski definition) is 4. The van der Waals surface area contributed by atoms with Gasteiger partial charge in [0.25, 0.3) is 0 Å². The smallest absolute Gasteiger partial charge is 0.436 e. The van der Waals surface area contributed by atoms with Gasteiger partial charge in [0, 0.05) is 6.20 Å². The van der Waals surface area contributed by atoms with Crippen molar-refractivity contribution in [3.05, 3.63) is 52.8 Å². The first-order valence-electron chi connectivity index (χ1n) is 6.86. The van der Waals surface area contributed by atoms with Gasteiger partial charge in [0.1, 0.15) is 5.56 Å². The summed E-state index contributed by atoms with van der Waals surface area (Å²) in [6.45, 7) is 1.37. The Morgan fingerprint density at radius 3 is 2.38 bits per heavy atom. The predicted molar refractivity (Wildman–Crippen MR) is 75.7 cm³/mol. The summed E-state index contributed by atoms with van der Waals surface area (Å²) in [7, 11) is 0. The molecule has 0 atom stereocenters. The van der Waals surface area contributed by atoms with E-state index in [4.69, 9.17) is 5.11 Å². The molecule has 1 aromatic carbocycles. The van der Waals surface area contributed by atoms with E-state index in [0.717, 1.165) is 10.9 Å². The molecule has 1 aromatic heterocycles. The Balaban J connectivity index is 2.30. The summed E-state index contributed by atoms with van der Waals surface area (Å²) in [6.07, 6.45) is -3.83. The van der Waals surface area contributed by atoms with Crippen LogP contribution in [0.15, 0.2) is 30.5 Å². The number of rotatable bonds is 5. The molecule has 2 rings (SSSR count). The lowest BCUT2D eigenvalue weighted by Crippen LogP contribution is -2.14. The van der Waals surface area contributed by atoms with Crippen molar-refractivity contribution in [3.8, 4) is 0 Å². The van der Waals surface area contributed by atoms with Crippen LogP contribution in [-0.2, 0) is 17.5 Å². The van der Waals surface area contributed by atoms with E-state index in [0.29, 0.717) is 5.56 Å². The van der Waals surface area contributed by atoms with Crippen molar-refractivity contribution >= 4 is 11.9 Å². The number of aromatic nitrogens is 2. The zero-order valence-electron chi connectivity index (χ0n) is 12.5. The Morgan fingerprint density at radius 1 is 1.25 bits per heavy atom. The number of hydrogen-bond donors (Lipinski definition) is 1. The van der Waals surface area contributed by atoms with Gasteiger partial charge in [-0.3, -0.25) is 4.68 Å². The Morgan fingerprint density at radius 2 is 1.88 bits per heavy atom. The molecule has 1 heterocycles. The zero-order chi connectivity index (χ0) is 17.9. The number of carbonyl (C=O) groups is 2. The van der Waals surface area contributed by atoms with Crippen molar-refractivity contribution in [1.29, 1.82) is 0 Å². The molecule has 0 spiro atoms. The minimum absolute atomic E-state index is 0.0532. The van der Waals surface area contributed by atoms with Gasteiger partial charge in [-0.2, -0.15) is 18.3 Å². The van der Waals surface area contributed by atoms with E-state index in [-0.39, 0.29) is 18.7 Å². The minimum Gasteiger partial charge on any atom is -0.478 e. The molecule has 0 amide bonds. The number of carboxylic acid groups (broad SMARTS) is 1. The third-order valence-electron chi connectivity index (χ3n) is 3.07. The predicted octanol–water partition coefficient (Wildman–Crippen LogP) is 2.83. The number of carboxylic acids is 1. The third kappa shape index (κ3) is 3.92. The van der Waals surface area contributed by atoms with Crippen LogP contribution >= 0.6 is 0 Å². The highest BCUT2D eigenvalue weighted by Crippen LogP contribution is 2.31.